The number of carbonyl (C=O) groups is 2. The van der Waals surface area contributed by atoms with Crippen molar-refractivity contribution in [3.63, 3.8) is 0 Å². The Labute approximate surface area is 186 Å². The number of rotatable bonds is 14. The zero-order chi connectivity index (χ0) is 22.3. The van der Waals surface area contributed by atoms with Gasteiger partial charge in [-0.1, -0.05) is 95.0 Å². The molecule has 5 heteroatoms. The number of hydrogen-bond acceptors (Lipinski definition) is 2. The summed E-state index contributed by atoms with van der Waals surface area (Å²) in [7, 11) is 0. The van der Waals surface area contributed by atoms with Crippen LogP contribution in [0.4, 0.5) is 16.2 Å². The first-order chi connectivity index (χ1) is 15.1. The molecular formula is C26H36N2O3. The maximum atomic E-state index is 13.0. The summed E-state index contributed by atoms with van der Waals surface area (Å²) >= 11 is 0. The fraction of sp³-hybridized carbons (Fsp3) is 0.462. The average Bonchev–Trinajstić information content (AvgIpc) is 2.78. The van der Waals surface area contributed by atoms with Crippen LogP contribution in [0.5, 0.6) is 0 Å². The van der Waals surface area contributed by atoms with E-state index >= 15 is 0 Å². The largest absolute Gasteiger partial charge is 0.478 e. The van der Waals surface area contributed by atoms with Crippen molar-refractivity contribution in [2.24, 2.45) is 0 Å². The van der Waals surface area contributed by atoms with Gasteiger partial charge in [-0.3, -0.25) is 4.90 Å². The van der Waals surface area contributed by atoms with Gasteiger partial charge in [-0.15, -0.1) is 0 Å². The van der Waals surface area contributed by atoms with Gasteiger partial charge in [0.15, 0.2) is 0 Å². The number of nitrogens with zero attached hydrogens (tertiary/aromatic N) is 1. The number of urea groups is 1. The number of carboxylic acids is 1. The quantitative estimate of drug-likeness (QED) is 0.312. The second-order valence-electron chi connectivity index (χ2n) is 7.95. The number of anilines is 2. The van der Waals surface area contributed by atoms with Gasteiger partial charge in [0.25, 0.3) is 0 Å². The van der Waals surface area contributed by atoms with Gasteiger partial charge in [0.1, 0.15) is 0 Å². The van der Waals surface area contributed by atoms with Crippen LogP contribution in [0.1, 0.15) is 81.5 Å². The van der Waals surface area contributed by atoms with Crippen LogP contribution >= 0.6 is 0 Å². The first-order valence-corrected chi connectivity index (χ1v) is 11.6. The summed E-state index contributed by atoms with van der Waals surface area (Å²) in [5.41, 5.74) is 1.20. The zero-order valence-electron chi connectivity index (χ0n) is 18.7. The highest BCUT2D eigenvalue weighted by Crippen LogP contribution is 2.20. The van der Waals surface area contributed by atoms with Gasteiger partial charge in [0.2, 0.25) is 0 Å². The SMILES string of the molecule is CCCCCCCCCCCCN(C(=O)Nc1ccccc1C(=O)O)c1ccccc1. The summed E-state index contributed by atoms with van der Waals surface area (Å²) in [6, 6.07) is 15.7. The van der Waals surface area contributed by atoms with Crippen molar-refractivity contribution < 1.29 is 14.7 Å². The van der Waals surface area contributed by atoms with E-state index < -0.39 is 5.97 Å². The van der Waals surface area contributed by atoms with Crippen LogP contribution in [0.15, 0.2) is 54.6 Å². The molecule has 31 heavy (non-hydrogen) atoms. The highest BCUT2D eigenvalue weighted by atomic mass is 16.4. The van der Waals surface area contributed by atoms with Crippen molar-refractivity contribution in [2.75, 3.05) is 16.8 Å². The number of amides is 2. The van der Waals surface area contributed by atoms with Crippen molar-refractivity contribution in [3.05, 3.63) is 60.2 Å². The van der Waals surface area contributed by atoms with E-state index in [0.717, 1.165) is 18.5 Å². The fourth-order valence-electron chi connectivity index (χ4n) is 3.67. The van der Waals surface area contributed by atoms with E-state index in [9.17, 15) is 14.7 Å². The number of carbonyl (C=O) groups excluding carboxylic acids is 1. The van der Waals surface area contributed by atoms with Gasteiger partial charge in [0, 0.05) is 12.2 Å². The molecule has 0 atom stereocenters. The van der Waals surface area contributed by atoms with E-state index in [4.69, 9.17) is 0 Å². The standard InChI is InChI=1S/C26H36N2O3/c1-2-3-4-5-6-7-8-9-10-16-21-28(22-17-12-11-13-18-22)26(31)27-24-20-15-14-19-23(24)25(29)30/h11-15,17-20H,2-10,16,21H2,1H3,(H,27,31)(H,29,30). The molecular weight excluding hydrogens is 388 g/mol. The van der Waals surface area contributed by atoms with Crippen LogP contribution in [0, 0.1) is 0 Å². The molecule has 5 nitrogen and oxygen atoms in total. The third-order valence-electron chi connectivity index (χ3n) is 5.45. The predicted molar refractivity (Wildman–Crippen MR) is 128 cm³/mol. The van der Waals surface area contributed by atoms with E-state index in [1.165, 1.54) is 57.4 Å². The van der Waals surface area contributed by atoms with Gasteiger partial charge < -0.3 is 10.4 Å². The molecule has 0 heterocycles. The third kappa shape index (κ3) is 8.83. The van der Waals surface area contributed by atoms with E-state index in [1.54, 1.807) is 23.1 Å². The molecule has 2 N–H and O–H groups in total. The highest BCUT2D eigenvalue weighted by molar-refractivity contribution is 6.05. The molecule has 2 aromatic rings. The number of carboxylic acid groups (broad SMARTS) is 1. The molecule has 0 unspecified atom stereocenters. The van der Waals surface area contributed by atoms with E-state index in [0.29, 0.717) is 12.2 Å². The van der Waals surface area contributed by atoms with Crippen LogP contribution in [0.2, 0.25) is 0 Å². The normalized spacial score (nSPS) is 10.6. The maximum Gasteiger partial charge on any atom is 0.337 e. The Kier molecular flexibility index (Phi) is 11.2. The average molecular weight is 425 g/mol. The van der Waals surface area contributed by atoms with Gasteiger partial charge in [-0.25, -0.2) is 9.59 Å². The summed E-state index contributed by atoms with van der Waals surface area (Å²) in [5.74, 6) is -1.06. The number of unbranched alkanes of at least 4 members (excludes halogenated alkanes) is 9. The molecule has 0 fully saturated rings. The second kappa shape index (κ2) is 14.2. The van der Waals surface area contributed by atoms with Gasteiger partial charge in [-0.2, -0.15) is 0 Å². The van der Waals surface area contributed by atoms with Crippen LogP contribution in [0.25, 0.3) is 0 Å². The maximum absolute atomic E-state index is 13.0. The summed E-state index contributed by atoms with van der Waals surface area (Å²) in [6.45, 7) is 2.84. The first-order valence-electron chi connectivity index (χ1n) is 11.6. The van der Waals surface area contributed by atoms with Crippen molar-refractivity contribution >= 4 is 23.4 Å². The molecule has 0 saturated carbocycles. The van der Waals surface area contributed by atoms with Crippen LogP contribution in [-0.4, -0.2) is 23.7 Å². The lowest BCUT2D eigenvalue weighted by molar-refractivity contribution is 0.0698. The smallest absolute Gasteiger partial charge is 0.337 e. The predicted octanol–water partition coefficient (Wildman–Crippen LogP) is 7.34. The monoisotopic (exact) mass is 424 g/mol. The zero-order valence-corrected chi connectivity index (χ0v) is 18.7. The summed E-state index contributed by atoms with van der Waals surface area (Å²) < 4.78 is 0. The minimum Gasteiger partial charge on any atom is -0.478 e. The Morgan fingerprint density at radius 3 is 1.94 bits per heavy atom. The molecule has 0 aliphatic carbocycles. The van der Waals surface area contributed by atoms with Crippen molar-refractivity contribution in [3.8, 4) is 0 Å². The third-order valence-corrected chi connectivity index (χ3v) is 5.45. The van der Waals surface area contributed by atoms with Gasteiger partial charge in [0.05, 0.1) is 11.3 Å². The minimum atomic E-state index is -1.06. The summed E-state index contributed by atoms with van der Waals surface area (Å²) in [5, 5.41) is 12.2. The Bertz CT molecular complexity index is 792. The van der Waals surface area contributed by atoms with Gasteiger partial charge >= 0.3 is 12.0 Å². The molecule has 168 valence electrons. The van der Waals surface area contributed by atoms with Crippen molar-refractivity contribution in [1.29, 1.82) is 0 Å². The summed E-state index contributed by atoms with van der Waals surface area (Å²) in [6.07, 6.45) is 12.4. The molecule has 0 spiro atoms. The Morgan fingerprint density at radius 1 is 0.774 bits per heavy atom. The number of benzene rings is 2. The number of para-hydroxylation sites is 2. The molecule has 2 rings (SSSR count). The van der Waals surface area contributed by atoms with Crippen LogP contribution in [-0.2, 0) is 0 Å². The lowest BCUT2D eigenvalue weighted by Crippen LogP contribution is -2.36. The van der Waals surface area contributed by atoms with E-state index in [1.807, 2.05) is 30.3 Å². The Hall–Kier alpha value is -2.82. The molecule has 0 aromatic heterocycles. The molecule has 2 amide bonds. The number of aromatic carboxylic acids is 1. The second-order valence-corrected chi connectivity index (χ2v) is 7.95. The Balaban J connectivity index is 1.86. The lowest BCUT2D eigenvalue weighted by atomic mass is 10.1. The molecule has 2 aromatic carbocycles. The minimum absolute atomic E-state index is 0.0859. The fourth-order valence-corrected chi connectivity index (χ4v) is 3.67. The van der Waals surface area contributed by atoms with E-state index in [-0.39, 0.29) is 11.6 Å². The first kappa shape index (κ1) is 24.4. The van der Waals surface area contributed by atoms with Crippen LogP contribution < -0.4 is 10.2 Å². The summed E-state index contributed by atoms with van der Waals surface area (Å²) in [4.78, 5) is 26.1. The van der Waals surface area contributed by atoms with E-state index in [2.05, 4.69) is 12.2 Å². The lowest BCUT2D eigenvalue weighted by Gasteiger charge is -2.23. The number of nitrogens with one attached hydrogen (secondary N) is 1. The van der Waals surface area contributed by atoms with Gasteiger partial charge in [-0.05, 0) is 30.7 Å². The molecule has 0 aliphatic heterocycles. The number of hydrogen-bond donors (Lipinski definition) is 2. The molecule has 0 saturated heterocycles. The molecule has 0 bridgehead atoms. The van der Waals surface area contributed by atoms with Crippen LogP contribution in [0.3, 0.4) is 0 Å². The van der Waals surface area contributed by atoms with Crippen molar-refractivity contribution in [2.45, 2.75) is 71.1 Å². The molecule has 0 radical (unpaired) electrons. The molecule has 0 aliphatic rings. The topological polar surface area (TPSA) is 69.6 Å². The Morgan fingerprint density at radius 2 is 1.32 bits per heavy atom. The van der Waals surface area contributed by atoms with Crippen molar-refractivity contribution in [1.82, 2.24) is 0 Å². The highest BCUT2D eigenvalue weighted by Gasteiger charge is 2.18.